The van der Waals surface area contributed by atoms with E-state index in [1.807, 2.05) is 0 Å². The molecule has 1 aromatic heterocycles. The molecule has 128 valence electrons. The average Bonchev–Trinajstić information content (AvgIpc) is 3.02. The van der Waals surface area contributed by atoms with Crippen molar-refractivity contribution >= 4 is 34.5 Å². The van der Waals surface area contributed by atoms with E-state index in [4.69, 9.17) is 11.6 Å². The van der Waals surface area contributed by atoms with Gasteiger partial charge in [-0.05, 0) is 30.7 Å². The Hall–Kier alpha value is -2.31. The number of aromatic nitrogens is 1. The maximum Gasteiger partial charge on any atom is 0.321 e. The van der Waals surface area contributed by atoms with Gasteiger partial charge in [-0.1, -0.05) is 41.9 Å². The fourth-order valence-electron chi connectivity index (χ4n) is 2.44. The van der Waals surface area contributed by atoms with Crippen LogP contribution in [0, 0.1) is 6.92 Å². The quantitative estimate of drug-likeness (QED) is 0.550. The topological polar surface area (TPSA) is 33.2 Å². The normalized spacial score (nSPS) is 10.9. The van der Waals surface area contributed by atoms with Crippen molar-refractivity contribution in [3.63, 3.8) is 0 Å². The van der Waals surface area contributed by atoms with Crippen molar-refractivity contribution in [2.45, 2.75) is 13.5 Å². The Morgan fingerprint density at radius 3 is 2.44 bits per heavy atom. The number of para-hydroxylation sites is 1. The lowest BCUT2D eigenvalue weighted by atomic mass is 10.0. The van der Waals surface area contributed by atoms with Crippen molar-refractivity contribution in [2.75, 3.05) is 4.90 Å². The summed E-state index contributed by atoms with van der Waals surface area (Å²) in [5, 5.41) is 1.19. The molecule has 0 aliphatic heterocycles. The van der Waals surface area contributed by atoms with Crippen molar-refractivity contribution < 1.29 is 13.6 Å². The molecule has 0 saturated heterocycles. The summed E-state index contributed by atoms with van der Waals surface area (Å²) in [6, 6.07) is 13.4. The zero-order valence-corrected chi connectivity index (χ0v) is 14.7. The van der Waals surface area contributed by atoms with Crippen molar-refractivity contribution in [1.82, 2.24) is 4.98 Å². The lowest BCUT2D eigenvalue weighted by Crippen LogP contribution is -2.35. The fraction of sp³-hybridized carbons (Fsp3) is 0.111. The van der Waals surface area contributed by atoms with Crippen LogP contribution in [0.1, 0.15) is 14.7 Å². The van der Waals surface area contributed by atoms with Crippen molar-refractivity contribution in [3.05, 3.63) is 69.6 Å². The lowest BCUT2D eigenvalue weighted by Gasteiger charge is -2.24. The molecular formula is C18H13ClF2N2OS. The first-order valence-corrected chi connectivity index (χ1v) is 8.56. The van der Waals surface area contributed by atoms with Gasteiger partial charge in [0.2, 0.25) is 0 Å². The Bertz CT molecular complexity index is 896. The highest BCUT2D eigenvalue weighted by atomic mass is 35.5. The van der Waals surface area contributed by atoms with Gasteiger partial charge in [0.1, 0.15) is 4.88 Å². The predicted octanol–water partition coefficient (Wildman–Crippen LogP) is 5.64. The van der Waals surface area contributed by atoms with E-state index >= 15 is 0 Å². The van der Waals surface area contributed by atoms with Crippen LogP contribution in [0.5, 0.6) is 0 Å². The maximum atomic E-state index is 13.8. The van der Waals surface area contributed by atoms with Crippen LogP contribution in [-0.4, -0.2) is 17.4 Å². The number of anilines is 1. The summed E-state index contributed by atoms with van der Waals surface area (Å²) >= 11 is 6.98. The summed E-state index contributed by atoms with van der Waals surface area (Å²) in [5.74, 6) is -0.776. The predicted molar refractivity (Wildman–Crippen MR) is 96.6 cm³/mol. The zero-order chi connectivity index (χ0) is 18.0. The summed E-state index contributed by atoms with van der Waals surface area (Å²) < 4.78 is 27.5. The van der Waals surface area contributed by atoms with Crippen LogP contribution in [0.3, 0.4) is 0 Å². The van der Waals surface area contributed by atoms with Crippen LogP contribution in [0.2, 0.25) is 5.02 Å². The zero-order valence-electron chi connectivity index (χ0n) is 13.1. The second-order valence-electron chi connectivity index (χ2n) is 5.22. The SMILES string of the molecule is Cc1ncc(C(=O)N(c2ccccc2-c2ccc(Cl)cc2)C(F)F)s1. The van der Waals surface area contributed by atoms with Gasteiger partial charge in [-0.15, -0.1) is 11.3 Å². The highest BCUT2D eigenvalue weighted by Gasteiger charge is 2.29. The van der Waals surface area contributed by atoms with Crippen LogP contribution in [0.15, 0.2) is 54.7 Å². The molecule has 3 rings (SSSR count). The van der Waals surface area contributed by atoms with E-state index in [0.29, 0.717) is 26.1 Å². The summed E-state index contributed by atoms with van der Waals surface area (Å²) in [7, 11) is 0. The number of rotatable bonds is 4. The first-order valence-electron chi connectivity index (χ1n) is 7.36. The summed E-state index contributed by atoms with van der Waals surface area (Å²) in [5.41, 5.74) is 1.35. The molecule has 0 saturated carbocycles. The van der Waals surface area contributed by atoms with Gasteiger partial charge in [-0.3, -0.25) is 4.79 Å². The molecule has 0 unspecified atom stereocenters. The van der Waals surface area contributed by atoms with Gasteiger partial charge in [0, 0.05) is 10.6 Å². The molecule has 25 heavy (non-hydrogen) atoms. The third-order valence-electron chi connectivity index (χ3n) is 3.56. The fourth-order valence-corrected chi connectivity index (χ4v) is 3.28. The molecule has 3 aromatic rings. The Kier molecular flexibility index (Phi) is 5.11. The van der Waals surface area contributed by atoms with E-state index < -0.39 is 12.5 Å². The number of carbonyl (C=O) groups is 1. The minimum Gasteiger partial charge on any atom is -0.268 e. The molecule has 1 heterocycles. The second-order valence-corrected chi connectivity index (χ2v) is 6.89. The van der Waals surface area contributed by atoms with E-state index in [1.54, 1.807) is 49.4 Å². The summed E-state index contributed by atoms with van der Waals surface area (Å²) in [6.07, 6.45) is 1.32. The third-order valence-corrected chi connectivity index (χ3v) is 4.72. The Morgan fingerprint density at radius 2 is 1.84 bits per heavy atom. The molecule has 0 aliphatic carbocycles. The highest BCUT2D eigenvalue weighted by molar-refractivity contribution is 7.13. The molecule has 3 nitrogen and oxygen atoms in total. The van der Waals surface area contributed by atoms with E-state index in [0.717, 1.165) is 11.3 Å². The van der Waals surface area contributed by atoms with E-state index in [1.165, 1.54) is 12.3 Å². The monoisotopic (exact) mass is 378 g/mol. The van der Waals surface area contributed by atoms with Crippen LogP contribution in [0.25, 0.3) is 11.1 Å². The molecule has 0 bridgehead atoms. The number of benzene rings is 2. The Labute approximate surface area is 152 Å². The summed E-state index contributed by atoms with van der Waals surface area (Å²) in [6.45, 7) is -1.26. The van der Waals surface area contributed by atoms with Gasteiger partial charge in [0.05, 0.1) is 16.9 Å². The number of thiazole rings is 1. The number of halogens is 3. The smallest absolute Gasteiger partial charge is 0.268 e. The second kappa shape index (κ2) is 7.29. The van der Waals surface area contributed by atoms with Crippen LogP contribution < -0.4 is 4.90 Å². The molecule has 0 aliphatic rings. The standard InChI is InChI=1S/C18H13ClF2N2OS/c1-11-22-10-16(25-11)17(24)23(18(20)21)15-5-3-2-4-14(15)12-6-8-13(19)9-7-12/h2-10,18H,1H3. The molecular weight excluding hydrogens is 366 g/mol. The van der Waals surface area contributed by atoms with Gasteiger partial charge in [-0.2, -0.15) is 8.78 Å². The Balaban J connectivity index is 2.08. The minimum atomic E-state index is -2.98. The van der Waals surface area contributed by atoms with Gasteiger partial charge >= 0.3 is 6.55 Å². The molecule has 0 fully saturated rings. The Morgan fingerprint density at radius 1 is 1.16 bits per heavy atom. The number of alkyl halides is 2. The number of amides is 1. The first kappa shape index (κ1) is 17.5. The largest absolute Gasteiger partial charge is 0.321 e. The van der Waals surface area contributed by atoms with E-state index in [-0.39, 0.29) is 10.6 Å². The number of nitrogens with zero attached hydrogens (tertiary/aromatic N) is 2. The molecule has 0 atom stereocenters. The van der Waals surface area contributed by atoms with Crippen molar-refractivity contribution in [1.29, 1.82) is 0 Å². The maximum absolute atomic E-state index is 13.8. The third kappa shape index (κ3) is 3.70. The van der Waals surface area contributed by atoms with Crippen LogP contribution >= 0.6 is 22.9 Å². The summed E-state index contributed by atoms with van der Waals surface area (Å²) in [4.78, 5) is 17.3. The van der Waals surface area contributed by atoms with Crippen molar-refractivity contribution in [3.8, 4) is 11.1 Å². The van der Waals surface area contributed by atoms with E-state index in [9.17, 15) is 13.6 Å². The van der Waals surface area contributed by atoms with Gasteiger partial charge in [0.25, 0.3) is 5.91 Å². The van der Waals surface area contributed by atoms with Crippen LogP contribution in [-0.2, 0) is 0 Å². The van der Waals surface area contributed by atoms with Gasteiger partial charge < -0.3 is 0 Å². The average molecular weight is 379 g/mol. The van der Waals surface area contributed by atoms with Gasteiger partial charge in [0.15, 0.2) is 0 Å². The first-order chi connectivity index (χ1) is 12.0. The lowest BCUT2D eigenvalue weighted by molar-refractivity contribution is 0.0842. The highest BCUT2D eigenvalue weighted by Crippen LogP contribution is 2.34. The molecule has 0 radical (unpaired) electrons. The molecule has 1 amide bonds. The number of hydrogen-bond acceptors (Lipinski definition) is 3. The minimum absolute atomic E-state index is 0.135. The molecule has 0 spiro atoms. The van der Waals surface area contributed by atoms with Gasteiger partial charge in [-0.25, -0.2) is 9.88 Å². The van der Waals surface area contributed by atoms with Crippen LogP contribution in [0.4, 0.5) is 14.5 Å². The molecule has 0 N–H and O–H groups in total. The molecule has 7 heteroatoms. The van der Waals surface area contributed by atoms with Crippen molar-refractivity contribution in [2.24, 2.45) is 0 Å². The number of carbonyl (C=O) groups excluding carboxylic acids is 1. The van der Waals surface area contributed by atoms with E-state index in [2.05, 4.69) is 4.98 Å². The number of aryl methyl sites for hydroxylation is 1. The number of hydrogen-bond donors (Lipinski definition) is 0. The molecule has 2 aromatic carbocycles.